The molecule has 3 rings (SSSR count). The lowest BCUT2D eigenvalue weighted by molar-refractivity contribution is -0.0501. The molecule has 0 unspecified atom stereocenters. The first kappa shape index (κ1) is 18.3. The molecule has 0 spiro atoms. The van der Waals surface area contributed by atoms with Gasteiger partial charge in [-0.1, -0.05) is 12.1 Å². The fraction of sp³-hybridized carbons (Fsp3) is 0.167. The molecule has 0 aliphatic carbocycles. The fourth-order valence-corrected chi connectivity index (χ4v) is 2.48. The molecule has 0 saturated carbocycles. The van der Waals surface area contributed by atoms with E-state index in [1.165, 1.54) is 25.3 Å². The summed E-state index contributed by atoms with van der Waals surface area (Å²) in [4.78, 5) is 16.3. The maximum absolute atomic E-state index is 12.5. The number of nitrogens with one attached hydrogen (secondary N) is 2. The minimum atomic E-state index is -3.01. The Hall–Kier alpha value is -3.49. The molecule has 0 radical (unpaired) electrons. The molecule has 2 heterocycles. The van der Waals surface area contributed by atoms with Crippen molar-refractivity contribution >= 4 is 5.91 Å². The standard InChI is InChI=1S/C18H16F2N4O3/c1-26-16-10-21-7-6-12(16)14-8-11(23-24-14)9-22-17(25)13-4-2-3-5-15(13)27-18(19)20/h2-8,10,18H,9H2,1H3,(H,22,25)(H,23,24). The summed E-state index contributed by atoms with van der Waals surface area (Å²) in [6.07, 6.45) is 3.21. The van der Waals surface area contributed by atoms with E-state index in [1.54, 1.807) is 30.6 Å². The van der Waals surface area contributed by atoms with Crippen LogP contribution in [0.25, 0.3) is 11.3 Å². The molecule has 0 aliphatic rings. The number of rotatable bonds is 7. The van der Waals surface area contributed by atoms with Crippen LogP contribution < -0.4 is 14.8 Å². The van der Waals surface area contributed by atoms with Crippen LogP contribution in [0.5, 0.6) is 11.5 Å². The summed E-state index contributed by atoms with van der Waals surface area (Å²) in [5, 5.41) is 9.63. The van der Waals surface area contributed by atoms with Crippen LogP contribution in [-0.4, -0.2) is 34.8 Å². The van der Waals surface area contributed by atoms with E-state index in [9.17, 15) is 13.6 Å². The molecule has 9 heteroatoms. The van der Waals surface area contributed by atoms with Gasteiger partial charge in [0.1, 0.15) is 11.5 Å². The van der Waals surface area contributed by atoms with Gasteiger partial charge >= 0.3 is 6.61 Å². The molecule has 140 valence electrons. The molecule has 1 amide bonds. The van der Waals surface area contributed by atoms with Crippen molar-refractivity contribution in [1.29, 1.82) is 0 Å². The summed E-state index contributed by atoms with van der Waals surface area (Å²) in [5.74, 6) is -0.152. The maximum Gasteiger partial charge on any atom is 0.387 e. The van der Waals surface area contributed by atoms with E-state index in [2.05, 4.69) is 25.2 Å². The molecule has 7 nitrogen and oxygen atoms in total. The number of H-pyrrole nitrogens is 1. The Bertz CT molecular complexity index is 930. The quantitative estimate of drug-likeness (QED) is 0.664. The number of carbonyl (C=O) groups excluding carboxylic acids is 1. The van der Waals surface area contributed by atoms with E-state index in [-0.39, 0.29) is 17.9 Å². The molecule has 2 N–H and O–H groups in total. The highest BCUT2D eigenvalue weighted by molar-refractivity contribution is 5.96. The summed E-state index contributed by atoms with van der Waals surface area (Å²) in [6, 6.07) is 9.31. The Kier molecular flexibility index (Phi) is 5.60. The van der Waals surface area contributed by atoms with Crippen molar-refractivity contribution in [2.75, 3.05) is 7.11 Å². The average molecular weight is 374 g/mol. The number of benzene rings is 1. The summed E-state index contributed by atoms with van der Waals surface area (Å²) >= 11 is 0. The smallest absolute Gasteiger partial charge is 0.387 e. The maximum atomic E-state index is 12.5. The predicted octanol–water partition coefficient (Wildman–Crippen LogP) is 3.01. The van der Waals surface area contributed by atoms with Crippen LogP contribution in [0.2, 0.25) is 0 Å². The van der Waals surface area contributed by atoms with Gasteiger partial charge in [0.25, 0.3) is 5.91 Å². The zero-order valence-corrected chi connectivity index (χ0v) is 14.3. The lowest BCUT2D eigenvalue weighted by atomic mass is 10.1. The number of pyridine rings is 1. The Labute approximate surface area is 153 Å². The topological polar surface area (TPSA) is 89.1 Å². The van der Waals surface area contributed by atoms with Crippen molar-refractivity contribution in [3.8, 4) is 22.8 Å². The van der Waals surface area contributed by atoms with Crippen molar-refractivity contribution in [2.24, 2.45) is 0 Å². The Morgan fingerprint density at radius 2 is 2.07 bits per heavy atom. The minimum absolute atomic E-state index is 0.0179. The van der Waals surface area contributed by atoms with Gasteiger partial charge in [0.05, 0.1) is 36.8 Å². The van der Waals surface area contributed by atoms with E-state index in [0.717, 1.165) is 5.56 Å². The van der Waals surface area contributed by atoms with Crippen molar-refractivity contribution in [1.82, 2.24) is 20.5 Å². The van der Waals surface area contributed by atoms with E-state index in [4.69, 9.17) is 4.74 Å². The third-order valence-electron chi connectivity index (χ3n) is 3.70. The second-order valence-electron chi connectivity index (χ2n) is 5.41. The molecular formula is C18H16F2N4O3. The third-order valence-corrected chi connectivity index (χ3v) is 3.70. The summed E-state index contributed by atoms with van der Waals surface area (Å²) in [6.45, 7) is -2.91. The summed E-state index contributed by atoms with van der Waals surface area (Å²) < 4.78 is 34.5. The van der Waals surface area contributed by atoms with Crippen molar-refractivity contribution in [3.05, 3.63) is 60.0 Å². The second-order valence-corrected chi connectivity index (χ2v) is 5.41. The zero-order chi connectivity index (χ0) is 19.2. The number of hydrogen-bond acceptors (Lipinski definition) is 5. The first-order valence-electron chi connectivity index (χ1n) is 7.93. The highest BCUT2D eigenvalue weighted by Crippen LogP contribution is 2.27. The van der Waals surface area contributed by atoms with Crippen LogP contribution >= 0.6 is 0 Å². The third kappa shape index (κ3) is 4.38. The first-order valence-corrected chi connectivity index (χ1v) is 7.93. The molecule has 0 aliphatic heterocycles. The number of hydrogen-bond donors (Lipinski definition) is 2. The van der Waals surface area contributed by atoms with Gasteiger partial charge < -0.3 is 14.8 Å². The predicted molar refractivity (Wildman–Crippen MR) is 92.6 cm³/mol. The average Bonchev–Trinajstić information content (AvgIpc) is 3.15. The van der Waals surface area contributed by atoms with E-state index >= 15 is 0 Å². The number of methoxy groups -OCH3 is 1. The lowest BCUT2D eigenvalue weighted by Crippen LogP contribution is -2.24. The Balaban J connectivity index is 1.70. The van der Waals surface area contributed by atoms with Gasteiger partial charge in [-0.15, -0.1) is 0 Å². The Morgan fingerprint density at radius 1 is 1.26 bits per heavy atom. The molecular weight excluding hydrogens is 358 g/mol. The van der Waals surface area contributed by atoms with Crippen LogP contribution in [0, 0.1) is 0 Å². The van der Waals surface area contributed by atoms with Gasteiger partial charge in [-0.25, -0.2) is 0 Å². The van der Waals surface area contributed by atoms with Gasteiger partial charge in [-0.3, -0.25) is 14.9 Å². The van der Waals surface area contributed by atoms with Gasteiger partial charge in [-0.2, -0.15) is 13.9 Å². The minimum Gasteiger partial charge on any atom is -0.494 e. The molecule has 2 aromatic heterocycles. The zero-order valence-electron chi connectivity index (χ0n) is 14.3. The SMILES string of the molecule is COc1cnccc1-c1cc(CNC(=O)c2ccccc2OC(F)F)n[nH]1. The number of nitrogens with zero attached hydrogens (tertiary/aromatic N) is 2. The molecule has 0 fully saturated rings. The van der Waals surface area contributed by atoms with Crippen LogP contribution in [0.1, 0.15) is 16.1 Å². The molecule has 0 saturated heterocycles. The highest BCUT2D eigenvalue weighted by Gasteiger charge is 2.16. The van der Waals surface area contributed by atoms with E-state index in [0.29, 0.717) is 17.1 Å². The van der Waals surface area contributed by atoms with Crippen LogP contribution in [0.4, 0.5) is 8.78 Å². The number of aromatic amines is 1. The largest absolute Gasteiger partial charge is 0.494 e. The normalized spacial score (nSPS) is 10.7. The molecule has 1 aromatic carbocycles. The van der Waals surface area contributed by atoms with E-state index < -0.39 is 12.5 Å². The number of halogens is 2. The monoisotopic (exact) mass is 374 g/mol. The molecule has 27 heavy (non-hydrogen) atoms. The van der Waals surface area contributed by atoms with Crippen molar-refractivity contribution < 1.29 is 23.0 Å². The second kappa shape index (κ2) is 8.26. The van der Waals surface area contributed by atoms with Crippen LogP contribution in [0.3, 0.4) is 0 Å². The number of ether oxygens (including phenoxy) is 2. The first-order chi connectivity index (χ1) is 13.1. The van der Waals surface area contributed by atoms with Gasteiger partial charge in [0.2, 0.25) is 0 Å². The summed E-state index contributed by atoms with van der Waals surface area (Å²) in [5.41, 5.74) is 2.04. The van der Waals surface area contributed by atoms with Crippen LogP contribution in [0.15, 0.2) is 48.8 Å². The molecule has 0 bridgehead atoms. The van der Waals surface area contributed by atoms with Crippen LogP contribution in [-0.2, 0) is 6.54 Å². The van der Waals surface area contributed by atoms with Gasteiger partial charge in [-0.05, 0) is 24.3 Å². The lowest BCUT2D eigenvalue weighted by Gasteiger charge is -2.10. The number of amides is 1. The highest BCUT2D eigenvalue weighted by atomic mass is 19.3. The van der Waals surface area contributed by atoms with Gasteiger partial charge in [0.15, 0.2) is 0 Å². The molecule has 0 atom stereocenters. The number of carbonyl (C=O) groups is 1. The number of alkyl halides is 2. The fourth-order valence-electron chi connectivity index (χ4n) is 2.48. The number of aromatic nitrogens is 3. The summed E-state index contributed by atoms with van der Waals surface area (Å²) in [7, 11) is 1.54. The van der Waals surface area contributed by atoms with Crippen molar-refractivity contribution in [2.45, 2.75) is 13.2 Å². The molecule has 3 aromatic rings. The Morgan fingerprint density at radius 3 is 2.85 bits per heavy atom. The van der Waals surface area contributed by atoms with Gasteiger partial charge in [0, 0.05) is 11.8 Å². The van der Waals surface area contributed by atoms with Crippen molar-refractivity contribution in [3.63, 3.8) is 0 Å². The number of para-hydroxylation sites is 1. The van der Waals surface area contributed by atoms with E-state index in [1.807, 2.05) is 0 Å².